The molecule has 2 aromatic carbocycles. The number of hydrogen-bond acceptors (Lipinski definition) is 8. The van der Waals surface area contributed by atoms with Crippen molar-refractivity contribution in [3.05, 3.63) is 56.6 Å². The smallest absolute Gasteiger partial charge is 0.461 e. The van der Waals surface area contributed by atoms with E-state index in [2.05, 4.69) is 5.16 Å². The SMILES string of the molecule is CCOC(=O)C(C)=NO[P+](=O)c1cc(Oc2ccc(C(F)(F)F)cc2Cl)c(CC)cc1[N+](=O)[O-]. The molecule has 2 rings (SSSR count). The van der Waals surface area contributed by atoms with Gasteiger partial charge in [0.15, 0.2) is 5.71 Å². The molecule has 0 heterocycles. The Hall–Kier alpha value is -3.24. The molecular formula is C20H18ClF3N2O7P+. The molecule has 0 fully saturated rings. The molecule has 14 heteroatoms. The Balaban J connectivity index is 2.46. The molecule has 34 heavy (non-hydrogen) atoms. The van der Waals surface area contributed by atoms with Gasteiger partial charge in [0.05, 0.1) is 22.1 Å². The Kier molecular flexibility index (Phi) is 8.94. The number of carbonyl (C=O) groups excluding carboxylic acids is 1. The van der Waals surface area contributed by atoms with Crippen molar-refractivity contribution < 1.29 is 41.6 Å². The van der Waals surface area contributed by atoms with Gasteiger partial charge < -0.3 is 9.47 Å². The molecule has 182 valence electrons. The summed E-state index contributed by atoms with van der Waals surface area (Å²) in [5.41, 5.74) is -1.53. The molecule has 1 unspecified atom stereocenters. The van der Waals surface area contributed by atoms with Gasteiger partial charge in [-0.05, 0) is 48.2 Å². The van der Waals surface area contributed by atoms with Crippen LogP contribution in [0.5, 0.6) is 11.5 Å². The largest absolute Gasteiger partial charge is 0.629 e. The Morgan fingerprint density at radius 2 is 1.88 bits per heavy atom. The van der Waals surface area contributed by atoms with E-state index in [9.17, 15) is 32.6 Å². The van der Waals surface area contributed by atoms with E-state index in [0.717, 1.165) is 24.3 Å². The lowest BCUT2D eigenvalue weighted by Crippen LogP contribution is -2.14. The molecule has 0 N–H and O–H groups in total. The maximum Gasteiger partial charge on any atom is 0.629 e. The number of esters is 1. The molecule has 0 aromatic heterocycles. The number of alkyl halides is 3. The predicted molar refractivity (Wildman–Crippen MR) is 117 cm³/mol. The molecule has 0 aliphatic rings. The summed E-state index contributed by atoms with van der Waals surface area (Å²) in [6.45, 7) is 4.52. The lowest BCUT2D eigenvalue weighted by atomic mass is 10.1. The fourth-order valence-electron chi connectivity index (χ4n) is 2.56. The van der Waals surface area contributed by atoms with E-state index in [4.69, 9.17) is 25.7 Å². The summed E-state index contributed by atoms with van der Waals surface area (Å²) in [6.07, 6.45) is -4.39. The third-order valence-electron chi connectivity index (χ3n) is 4.23. The van der Waals surface area contributed by atoms with Crippen molar-refractivity contribution in [3.63, 3.8) is 0 Å². The van der Waals surface area contributed by atoms with E-state index in [-0.39, 0.29) is 35.3 Å². The average Bonchev–Trinajstić information content (AvgIpc) is 2.77. The van der Waals surface area contributed by atoms with Crippen molar-refractivity contribution >= 4 is 42.3 Å². The standard InChI is InChI=1S/C20H18ClF3N2O7P/c1-4-12-8-15(26(28)29)18(34(30)33-25-11(3)19(27)31-5-2)10-17(12)32-16-7-6-13(9-14(16)21)20(22,23)24/h6-10H,4-5H2,1-3H3/q+1. The van der Waals surface area contributed by atoms with Crippen molar-refractivity contribution in [2.75, 3.05) is 6.61 Å². The van der Waals surface area contributed by atoms with E-state index >= 15 is 0 Å². The number of nitrogens with zero attached hydrogens (tertiary/aromatic N) is 2. The van der Waals surface area contributed by atoms with Crippen LogP contribution in [0.4, 0.5) is 18.9 Å². The van der Waals surface area contributed by atoms with Crippen molar-refractivity contribution in [2.45, 2.75) is 33.4 Å². The Labute approximate surface area is 197 Å². The number of benzene rings is 2. The molecule has 0 aliphatic carbocycles. The third-order valence-corrected chi connectivity index (χ3v) is 5.51. The number of nitro groups is 1. The summed E-state index contributed by atoms with van der Waals surface area (Å²) in [7, 11) is -2.98. The number of nitro benzene ring substituents is 1. The number of oxime groups is 1. The maximum atomic E-state index is 12.9. The molecule has 0 saturated carbocycles. The molecule has 0 amide bonds. The van der Waals surface area contributed by atoms with Gasteiger partial charge in [-0.15, -0.1) is 4.62 Å². The van der Waals surface area contributed by atoms with Crippen LogP contribution in [0.25, 0.3) is 0 Å². The highest BCUT2D eigenvalue weighted by Gasteiger charge is 2.37. The molecule has 0 radical (unpaired) electrons. The minimum atomic E-state index is -4.62. The van der Waals surface area contributed by atoms with Gasteiger partial charge in [-0.2, -0.15) is 13.2 Å². The second-order valence-electron chi connectivity index (χ2n) is 6.54. The summed E-state index contributed by atoms with van der Waals surface area (Å²) < 4.78 is 66.4. The van der Waals surface area contributed by atoms with Gasteiger partial charge in [-0.1, -0.05) is 18.5 Å². The maximum absolute atomic E-state index is 12.9. The number of rotatable bonds is 9. The molecular weight excluding hydrogens is 504 g/mol. The van der Waals surface area contributed by atoms with Gasteiger partial charge in [0, 0.05) is 17.7 Å². The first kappa shape index (κ1) is 27.0. The first-order chi connectivity index (χ1) is 15.9. The van der Waals surface area contributed by atoms with Crippen molar-refractivity contribution in [1.29, 1.82) is 0 Å². The summed E-state index contributed by atoms with van der Waals surface area (Å²) in [5.74, 6) is -1.03. The van der Waals surface area contributed by atoms with Crippen LogP contribution in [0.1, 0.15) is 31.9 Å². The highest BCUT2D eigenvalue weighted by molar-refractivity contribution is 7.48. The molecule has 0 bridgehead atoms. The molecule has 0 spiro atoms. The Morgan fingerprint density at radius 3 is 2.41 bits per heavy atom. The first-order valence-corrected chi connectivity index (χ1v) is 11.2. The van der Waals surface area contributed by atoms with Gasteiger partial charge in [0.25, 0.3) is 0 Å². The summed E-state index contributed by atoms with van der Waals surface area (Å²) in [4.78, 5) is 22.3. The van der Waals surface area contributed by atoms with Crippen LogP contribution in [0.15, 0.2) is 35.5 Å². The topological polar surface area (TPSA) is 117 Å². The third kappa shape index (κ3) is 6.64. The summed E-state index contributed by atoms with van der Waals surface area (Å²) in [6, 6.07) is 4.58. The van der Waals surface area contributed by atoms with Crippen LogP contribution in [0.3, 0.4) is 0 Å². The van der Waals surface area contributed by atoms with Crippen molar-refractivity contribution in [1.82, 2.24) is 0 Å². The quantitative estimate of drug-likeness (QED) is 0.132. The fourth-order valence-corrected chi connectivity index (χ4v) is 3.62. The van der Waals surface area contributed by atoms with E-state index in [0.29, 0.717) is 11.6 Å². The monoisotopic (exact) mass is 521 g/mol. The number of ether oxygens (including phenoxy) is 2. The van der Waals surface area contributed by atoms with Gasteiger partial charge in [-0.25, -0.2) is 4.79 Å². The molecule has 9 nitrogen and oxygen atoms in total. The molecule has 0 aliphatic heterocycles. The zero-order valence-corrected chi connectivity index (χ0v) is 19.7. The zero-order chi connectivity index (χ0) is 25.6. The minimum absolute atomic E-state index is 0.0391. The van der Waals surface area contributed by atoms with Crippen LogP contribution < -0.4 is 10.0 Å². The highest BCUT2D eigenvalue weighted by atomic mass is 35.5. The lowest BCUT2D eigenvalue weighted by Gasteiger charge is -2.13. The van der Waals surface area contributed by atoms with E-state index in [1.165, 1.54) is 6.92 Å². The molecule has 0 saturated heterocycles. The van der Waals surface area contributed by atoms with Gasteiger partial charge in [0.1, 0.15) is 11.5 Å². The predicted octanol–water partition coefficient (Wildman–Crippen LogP) is 5.95. The molecule has 1 atom stereocenters. The second kappa shape index (κ2) is 11.3. The van der Waals surface area contributed by atoms with Gasteiger partial charge in [0.2, 0.25) is 0 Å². The van der Waals surface area contributed by atoms with E-state index < -0.39 is 41.7 Å². The molecule has 2 aromatic rings. The minimum Gasteiger partial charge on any atom is -0.461 e. The first-order valence-electron chi connectivity index (χ1n) is 9.61. The highest BCUT2D eigenvalue weighted by Crippen LogP contribution is 2.39. The van der Waals surface area contributed by atoms with Gasteiger partial charge in [-0.3, -0.25) is 10.1 Å². The summed E-state index contributed by atoms with van der Waals surface area (Å²) >= 11 is 5.93. The van der Waals surface area contributed by atoms with E-state index in [1.54, 1.807) is 13.8 Å². The summed E-state index contributed by atoms with van der Waals surface area (Å²) in [5, 5.41) is 14.1. The Bertz CT molecular complexity index is 1160. The lowest BCUT2D eigenvalue weighted by molar-refractivity contribution is -0.383. The van der Waals surface area contributed by atoms with Crippen molar-refractivity contribution in [2.24, 2.45) is 5.16 Å². The number of carbonyl (C=O) groups is 1. The second-order valence-corrected chi connectivity index (χ2v) is 8.11. The Morgan fingerprint density at radius 1 is 1.21 bits per heavy atom. The van der Waals surface area contributed by atoms with Crippen LogP contribution in [-0.2, 0) is 31.3 Å². The van der Waals surface area contributed by atoms with Crippen LogP contribution in [0, 0.1) is 10.1 Å². The van der Waals surface area contributed by atoms with Crippen LogP contribution in [-0.4, -0.2) is 23.2 Å². The fraction of sp³-hybridized carbons (Fsp3) is 0.300. The van der Waals surface area contributed by atoms with Crippen LogP contribution >= 0.6 is 19.6 Å². The zero-order valence-electron chi connectivity index (χ0n) is 18.0. The van der Waals surface area contributed by atoms with Crippen LogP contribution in [0.2, 0.25) is 5.02 Å². The number of hydrogen-bond donors (Lipinski definition) is 0. The van der Waals surface area contributed by atoms with Gasteiger partial charge >= 0.3 is 31.2 Å². The van der Waals surface area contributed by atoms with Crippen molar-refractivity contribution in [3.8, 4) is 11.5 Å². The number of aryl methyl sites for hydroxylation is 1. The number of halogens is 4. The normalized spacial score (nSPS) is 12.2. The van der Waals surface area contributed by atoms with E-state index in [1.807, 2.05) is 0 Å². The average molecular weight is 522 g/mol.